The average Bonchev–Trinajstić information content (AvgIpc) is 2.66. The van der Waals surface area contributed by atoms with Gasteiger partial charge in [0.1, 0.15) is 11.8 Å². The van der Waals surface area contributed by atoms with Gasteiger partial charge in [0.25, 0.3) is 5.69 Å². The van der Waals surface area contributed by atoms with Crippen LogP contribution in [0.1, 0.15) is 32.6 Å². The number of carbonyl (C=O) groups excluding carboxylic acids is 1. The third-order valence-corrected chi connectivity index (χ3v) is 6.37. The van der Waals surface area contributed by atoms with E-state index in [0.717, 1.165) is 31.7 Å². The Morgan fingerprint density at radius 2 is 1.96 bits per heavy atom. The summed E-state index contributed by atoms with van der Waals surface area (Å²) in [4.78, 5) is 21.8. The van der Waals surface area contributed by atoms with Crippen LogP contribution in [0.5, 0.6) is 0 Å². The van der Waals surface area contributed by atoms with Crippen molar-refractivity contribution in [1.82, 2.24) is 10.0 Å². The molecule has 0 unspecified atom stereocenters. The summed E-state index contributed by atoms with van der Waals surface area (Å²) in [6.45, 7) is 1.87. The highest BCUT2D eigenvalue weighted by Gasteiger charge is 2.26. The Morgan fingerprint density at radius 3 is 2.54 bits per heavy atom. The van der Waals surface area contributed by atoms with Gasteiger partial charge < -0.3 is 15.7 Å². The summed E-state index contributed by atoms with van der Waals surface area (Å²) >= 11 is 0. The van der Waals surface area contributed by atoms with Gasteiger partial charge in [0.05, 0.1) is 16.4 Å². The molecule has 4 N–H and O–H groups in total. The van der Waals surface area contributed by atoms with Gasteiger partial charge in [-0.15, -0.1) is 0 Å². The number of sulfonamides is 1. The van der Waals surface area contributed by atoms with Crippen molar-refractivity contribution in [2.75, 3.05) is 18.9 Å². The molecule has 0 saturated heterocycles. The molecule has 1 amide bonds. The van der Waals surface area contributed by atoms with Gasteiger partial charge in [-0.1, -0.05) is 6.92 Å². The first-order valence-electron chi connectivity index (χ1n) is 9.08. The highest BCUT2D eigenvalue weighted by atomic mass is 32.2. The van der Waals surface area contributed by atoms with E-state index >= 15 is 0 Å². The number of benzene rings is 1. The van der Waals surface area contributed by atoms with Crippen LogP contribution in [0, 0.1) is 16.0 Å². The summed E-state index contributed by atoms with van der Waals surface area (Å²) in [6.07, 6.45) is 1.94. The Bertz CT molecular complexity index is 821. The highest BCUT2D eigenvalue weighted by Crippen LogP contribution is 2.29. The van der Waals surface area contributed by atoms with E-state index in [4.69, 9.17) is 0 Å². The fraction of sp³-hybridized carbons (Fsp3) is 0.588. The molecule has 1 aliphatic rings. The molecule has 156 valence electrons. The molecule has 0 heterocycles. The monoisotopic (exact) mass is 414 g/mol. The zero-order valence-electron chi connectivity index (χ0n) is 15.8. The van der Waals surface area contributed by atoms with Crippen molar-refractivity contribution in [1.29, 1.82) is 0 Å². The predicted molar refractivity (Wildman–Crippen MR) is 103 cm³/mol. The molecule has 0 spiro atoms. The van der Waals surface area contributed by atoms with Crippen LogP contribution in [0.2, 0.25) is 0 Å². The largest absolute Gasteiger partial charge is 0.381 e. The molecule has 1 aromatic rings. The van der Waals surface area contributed by atoms with E-state index in [1.165, 1.54) is 19.2 Å². The van der Waals surface area contributed by atoms with Gasteiger partial charge in [-0.2, -0.15) is 0 Å². The SMILES string of the molecule is CNC(=O)[C@H](O)CNc1ccc(S(=O)(=O)NC2CCC(C)CC2)cc1[N+](=O)[O-]. The standard InChI is InChI=1S/C17H26N4O6S/c1-11-3-5-12(6-4-11)20-28(26,27)13-7-8-14(15(9-13)21(24)25)19-10-16(22)17(23)18-2/h7-9,11-12,16,19-20,22H,3-6,10H2,1-2H3,(H,18,23)/t11?,12?,16-/m1/s1. The fourth-order valence-electron chi connectivity index (χ4n) is 3.11. The molecule has 2 rings (SSSR count). The zero-order valence-corrected chi connectivity index (χ0v) is 16.7. The lowest BCUT2D eigenvalue weighted by Gasteiger charge is -2.26. The normalized spacial score (nSPS) is 21.0. The number of hydrogen-bond acceptors (Lipinski definition) is 7. The van der Waals surface area contributed by atoms with Crippen molar-refractivity contribution in [3.8, 4) is 0 Å². The number of aliphatic hydroxyl groups is 1. The second kappa shape index (κ2) is 9.30. The van der Waals surface area contributed by atoms with Gasteiger partial charge in [0, 0.05) is 19.2 Å². The maximum atomic E-state index is 12.6. The lowest BCUT2D eigenvalue weighted by atomic mass is 9.88. The number of nitro benzene ring substituents is 1. The summed E-state index contributed by atoms with van der Waals surface area (Å²) in [7, 11) is -2.54. The van der Waals surface area contributed by atoms with E-state index in [0.29, 0.717) is 5.92 Å². The number of aliphatic hydroxyl groups excluding tert-OH is 1. The zero-order chi connectivity index (χ0) is 20.9. The Morgan fingerprint density at radius 1 is 1.32 bits per heavy atom. The molecule has 11 heteroatoms. The van der Waals surface area contributed by atoms with Crippen molar-refractivity contribution < 1.29 is 23.2 Å². The third kappa shape index (κ3) is 5.63. The van der Waals surface area contributed by atoms with Gasteiger partial charge in [0.2, 0.25) is 15.9 Å². The van der Waals surface area contributed by atoms with Crippen LogP contribution >= 0.6 is 0 Å². The van der Waals surface area contributed by atoms with Crippen LogP contribution in [-0.4, -0.2) is 50.1 Å². The Hall–Kier alpha value is -2.24. The first-order valence-corrected chi connectivity index (χ1v) is 10.6. The Balaban J connectivity index is 2.16. The van der Waals surface area contributed by atoms with Gasteiger partial charge in [0.15, 0.2) is 0 Å². The molecule has 0 radical (unpaired) electrons. The fourth-order valence-corrected chi connectivity index (χ4v) is 4.44. The molecule has 1 aliphatic carbocycles. The van der Waals surface area contributed by atoms with Crippen molar-refractivity contribution in [3.05, 3.63) is 28.3 Å². The predicted octanol–water partition coefficient (Wildman–Crippen LogP) is 0.971. The number of likely N-dealkylation sites (N-methyl/N-ethyl adjacent to an activating group) is 1. The van der Waals surface area contributed by atoms with E-state index in [9.17, 15) is 28.4 Å². The van der Waals surface area contributed by atoms with Crippen molar-refractivity contribution in [3.63, 3.8) is 0 Å². The Labute approximate surface area is 163 Å². The maximum absolute atomic E-state index is 12.6. The van der Waals surface area contributed by atoms with E-state index in [2.05, 4.69) is 22.3 Å². The summed E-state index contributed by atoms with van der Waals surface area (Å²) in [5, 5.41) is 25.9. The number of amides is 1. The molecule has 28 heavy (non-hydrogen) atoms. The second-order valence-corrected chi connectivity index (χ2v) is 8.74. The quantitative estimate of drug-likeness (QED) is 0.365. The van der Waals surface area contributed by atoms with Gasteiger partial charge in [-0.05, 0) is 43.7 Å². The molecule has 1 atom stereocenters. The lowest BCUT2D eigenvalue weighted by Crippen LogP contribution is -2.37. The molecule has 0 aliphatic heterocycles. The van der Waals surface area contributed by atoms with Crippen LogP contribution in [0.15, 0.2) is 23.1 Å². The topological polar surface area (TPSA) is 151 Å². The van der Waals surface area contributed by atoms with Crippen LogP contribution in [-0.2, 0) is 14.8 Å². The number of anilines is 1. The van der Waals surface area contributed by atoms with Crippen molar-refractivity contribution in [2.24, 2.45) is 5.92 Å². The number of nitrogens with one attached hydrogen (secondary N) is 3. The van der Waals surface area contributed by atoms with Crippen molar-refractivity contribution >= 4 is 27.3 Å². The van der Waals surface area contributed by atoms with E-state index < -0.39 is 32.6 Å². The maximum Gasteiger partial charge on any atom is 0.293 e. The van der Waals surface area contributed by atoms with Gasteiger partial charge in [-0.25, -0.2) is 13.1 Å². The van der Waals surface area contributed by atoms with Gasteiger partial charge in [-0.3, -0.25) is 14.9 Å². The molecular weight excluding hydrogens is 388 g/mol. The molecule has 1 fully saturated rings. The molecular formula is C17H26N4O6S. The molecule has 1 aromatic carbocycles. The number of hydrogen-bond donors (Lipinski definition) is 4. The molecule has 10 nitrogen and oxygen atoms in total. The minimum absolute atomic E-state index is 0.0124. The summed E-state index contributed by atoms with van der Waals surface area (Å²) in [5.41, 5.74) is -0.442. The van der Waals surface area contributed by atoms with Crippen LogP contribution < -0.4 is 15.4 Å². The van der Waals surface area contributed by atoms with E-state index in [-0.39, 0.29) is 23.2 Å². The van der Waals surface area contributed by atoms with Gasteiger partial charge >= 0.3 is 0 Å². The summed E-state index contributed by atoms with van der Waals surface area (Å²) in [5.74, 6) is -0.0716. The van der Waals surface area contributed by atoms with Crippen LogP contribution in [0.4, 0.5) is 11.4 Å². The number of nitrogens with zero attached hydrogens (tertiary/aromatic N) is 1. The molecule has 1 saturated carbocycles. The number of rotatable bonds is 8. The smallest absolute Gasteiger partial charge is 0.293 e. The average molecular weight is 414 g/mol. The molecule has 0 aromatic heterocycles. The van der Waals surface area contributed by atoms with Crippen molar-refractivity contribution in [2.45, 2.75) is 49.6 Å². The van der Waals surface area contributed by atoms with E-state index in [1.54, 1.807) is 0 Å². The number of carbonyl (C=O) groups is 1. The lowest BCUT2D eigenvalue weighted by molar-refractivity contribution is -0.384. The second-order valence-electron chi connectivity index (χ2n) is 7.03. The van der Waals surface area contributed by atoms with Crippen LogP contribution in [0.3, 0.4) is 0 Å². The number of nitro groups is 1. The van der Waals surface area contributed by atoms with E-state index in [1.807, 2.05) is 0 Å². The molecule has 0 bridgehead atoms. The third-order valence-electron chi connectivity index (χ3n) is 4.85. The minimum atomic E-state index is -3.89. The first-order chi connectivity index (χ1) is 13.1. The minimum Gasteiger partial charge on any atom is -0.381 e. The Kier molecular flexibility index (Phi) is 7.33. The summed E-state index contributed by atoms with van der Waals surface area (Å²) < 4.78 is 27.9. The summed E-state index contributed by atoms with van der Waals surface area (Å²) in [6, 6.07) is 3.31. The van der Waals surface area contributed by atoms with Crippen LogP contribution in [0.25, 0.3) is 0 Å². The highest BCUT2D eigenvalue weighted by molar-refractivity contribution is 7.89. The first kappa shape index (κ1) is 22.1.